The third-order valence-electron chi connectivity index (χ3n) is 17.2. The van der Waals surface area contributed by atoms with Gasteiger partial charge in [0, 0.05) is 190 Å². The second-order valence-corrected chi connectivity index (χ2v) is 26.6. The summed E-state index contributed by atoms with van der Waals surface area (Å²) < 4.78 is 0. The zero-order valence-corrected chi connectivity index (χ0v) is 63.5. The van der Waals surface area contributed by atoms with Crippen LogP contribution in [0.4, 0.5) is 0 Å². The molecule has 1 unspecified atom stereocenters. The van der Waals surface area contributed by atoms with E-state index in [0.29, 0.717) is 0 Å². The SMILES string of the molecule is O=C(O)CNCCN(CCN(CCN(CCN(CCC(CCN(CCN(CC(=O)O)CC(=O)O)CC(=O)O)CC(=O)O)CCN(CC(=O)O)CC(=O)O)CCN(CCNCC(=O)O)CC(=O)O)CCN(CCN(CCN(CC(=O)O)CC(=O)O)CC(=O)O)CC(=O)O)CCN(CCN(CCNCC(=O)O)CC(=O)O)CC(=O)O. The van der Waals surface area contributed by atoms with Crippen LogP contribution >= 0.6 is 0 Å². The molecular weight excluding hydrogens is 1520 g/mol. The molecular formula is C65H116N16O32. The largest absolute Gasteiger partial charge is 0.481 e. The number of nitrogens with one attached hydrogen (secondary N) is 3. The average molecular weight is 1630 g/mol. The first kappa shape index (κ1) is 104. The predicted molar refractivity (Wildman–Crippen MR) is 392 cm³/mol. The quantitative estimate of drug-likeness (QED) is 0.0251. The van der Waals surface area contributed by atoms with Gasteiger partial charge in [-0.15, -0.1) is 0 Å². The summed E-state index contributed by atoms with van der Waals surface area (Å²) >= 11 is 0. The van der Waals surface area contributed by atoms with Crippen molar-refractivity contribution < 1.29 is 158 Å². The lowest BCUT2D eigenvalue weighted by molar-refractivity contribution is -0.144. The maximum absolute atomic E-state index is 12.6. The van der Waals surface area contributed by atoms with Crippen molar-refractivity contribution in [2.75, 3.05) is 295 Å². The summed E-state index contributed by atoms with van der Waals surface area (Å²) in [4.78, 5) is 210. The zero-order valence-electron chi connectivity index (χ0n) is 63.5. The Bertz CT molecular complexity index is 2900. The minimum absolute atomic E-state index is 0.00600. The summed E-state index contributed by atoms with van der Waals surface area (Å²) in [6, 6.07) is 0. The molecule has 0 aromatic rings. The first-order chi connectivity index (χ1) is 53.2. The Kier molecular flexibility index (Phi) is 56.4. The topological polar surface area (TPSA) is 675 Å². The molecule has 0 aliphatic carbocycles. The third kappa shape index (κ3) is 63.0. The van der Waals surface area contributed by atoms with Gasteiger partial charge in [0.05, 0.1) is 98.2 Å². The Morgan fingerprint density at radius 1 is 0.168 bits per heavy atom. The number of carbonyl (C=O) groups is 16. The molecule has 1 atom stereocenters. The first-order valence-electron chi connectivity index (χ1n) is 36.2. The van der Waals surface area contributed by atoms with E-state index in [-0.39, 0.29) is 209 Å². The Hall–Kier alpha value is -9.12. The minimum atomic E-state index is -1.38. The van der Waals surface area contributed by atoms with Gasteiger partial charge < -0.3 is 103 Å². The minimum Gasteiger partial charge on any atom is -0.481 e. The molecule has 0 saturated carbocycles. The molecule has 0 spiro atoms. The lowest BCUT2D eigenvalue weighted by Gasteiger charge is -2.34. The van der Waals surface area contributed by atoms with Gasteiger partial charge in [0.25, 0.3) is 0 Å². The van der Waals surface area contributed by atoms with Gasteiger partial charge in [-0.3, -0.25) is 136 Å². The summed E-state index contributed by atoms with van der Waals surface area (Å²) in [5, 5.41) is 163. The van der Waals surface area contributed by atoms with Crippen LogP contribution in [0.3, 0.4) is 0 Å². The number of aliphatic carboxylic acids is 16. The van der Waals surface area contributed by atoms with Crippen molar-refractivity contribution in [3.8, 4) is 0 Å². The van der Waals surface area contributed by atoms with Gasteiger partial charge in [-0.25, -0.2) is 0 Å². The molecule has 0 bridgehead atoms. The lowest BCUT2D eigenvalue weighted by atomic mass is 9.96. The molecule has 0 aliphatic rings. The number of carboxylic acids is 16. The van der Waals surface area contributed by atoms with E-state index in [1.165, 1.54) is 29.4 Å². The van der Waals surface area contributed by atoms with Crippen LogP contribution in [-0.2, 0) is 76.7 Å². The van der Waals surface area contributed by atoms with Crippen LogP contribution in [-0.4, -0.2) is 535 Å². The Morgan fingerprint density at radius 2 is 0.310 bits per heavy atom. The van der Waals surface area contributed by atoms with Crippen molar-refractivity contribution in [3.05, 3.63) is 0 Å². The van der Waals surface area contributed by atoms with Gasteiger partial charge in [-0.05, 0) is 31.8 Å². The van der Waals surface area contributed by atoms with E-state index < -0.39 is 206 Å². The molecule has 19 N–H and O–H groups in total. The number of hydrogen-bond donors (Lipinski definition) is 19. The molecule has 0 aromatic heterocycles. The molecule has 113 heavy (non-hydrogen) atoms. The summed E-state index contributed by atoms with van der Waals surface area (Å²) in [5.74, 6) is -21.4. The highest BCUT2D eigenvalue weighted by atomic mass is 16.4. The molecule has 0 amide bonds. The maximum atomic E-state index is 12.6. The molecule has 0 radical (unpaired) electrons. The highest BCUT2D eigenvalue weighted by Gasteiger charge is 2.26. The van der Waals surface area contributed by atoms with Crippen LogP contribution in [0.15, 0.2) is 0 Å². The fourth-order valence-corrected chi connectivity index (χ4v) is 11.6. The molecule has 0 fully saturated rings. The van der Waals surface area contributed by atoms with Crippen LogP contribution < -0.4 is 16.0 Å². The van der Waals surface area contributed by atoms with E-state index in [1.807, 2.05) is 14.7 Å². The van der Waals surface area contributed by atoms with Gasteiger partial charge in [-0.2, -0.15) is 0 Å². The highest BCUT2D eigenvalue weighted by molar-refractivity contribution is 5.75. The average Bonchev–Trinajstić information content (AvgIpc) is 0.894. The highest BCUT2D eigenvalue weighted by Crippen LogP contribution is 2.17. The molecule has 0 heterocycles. The van der Waals surface area contributed by atoms with Crippen LogP contribution in [0.1, 0.15) is 19.3 Å². The molecule has 0 rings (SSSR count). The predicted octanol–water partition coefficient (Wildman–Crippen LogP) is -9.18. The second kappa shape index (κ2) is 61.4. The van der Waals surface area contributed by atoms with E-state index in [2.05, 4.69) is 16.0 Å². The molecule has 0 saturated heterocycles. The lowest BCUT2D eigenvalue weighted by Crippen LogP contribution is -2.49. The van der Waals surface area contributed by atoms with Gasteiger partial charge >= 0.3 is 95.5 Å². The van der Waals surface area contributed by atoms with Gasteiger partial charge in [-0.1, -0.05) is 0 Å². The Morgan fingerprint density at radius 3 is 0.504 bits per heavy atom. The Labute approximate surface area is 651 Å². The third-order valence-corrected chi connectivity index (χ3v) is 17.2. The number of carboxylic acid groups (broad SMARTS) is 16. The standard InChI is InChI=1S/C65H116N16O32/c82-50(83)33-49(2-7-73(37-54(90)91)28-31-80(45-62(106)107)46-63(108)109)1-6-69(20-30-79(43-60(102)103)44-61(104)105)11-13-71(18-21-74(38-55(92)93)9-4-67-35-52(86)87)15-16-72(19-23-77(41-58(98)99)26-27-78(42-59(100)101)29-32-81(47-64(110)111)48-65(112)113)14-12-70(8-3-66-34-51(84)85)17-22-76(40-57(96)97)25-24-75(39-56(94)95)10-5-68-36-53(88)89/h49,66-68H,1-48H2,(H,82,83)(H,84,85)(H,86,87)(H,88,89)(H,90,91)(H,92,93)(H,94,95)(H,96,97)(H,98,99)(H,100,101)(H,102,103)(H,104,105)(H,106,107)(H,108,109)(H,110,111)(H,112,113). The Balaban J connectivity index is 8.25. The summed E-state index contributed by atoms with van der Waals surface area (Å²) in [7, 11) is 0. The van der Waals surface area contributed by atoms with Crippen LogP contribution in [0, 0.1) is 5.92 Å². The van der Waals surface area contributed by atoms with Gasteiger partial charge in [0.1, 0.15) is 0 Å². The molecule has 648 valence electrons. The monoisotopic (exact) mass is 1630 g/mol. The van der Waals surface area contributed by atoms with Crippen LogP contribution in [0.2, 0.25) is 0 Å². The number of nitrogens with zero attached hydrogens (tertiary/aromatic N) is 13. The van der Waals surface area contributed by atoms with Crippen LogP contribution in [0.25, 0.3) is 0 Å². The van der Waals surface area contributed by atoms with Crippen LogP contribution in [0.5, 0.6) is 0 Å². The molecule has 0 aliphatic heterocycles. The van der Waals surface area contributed by atoms with E-state index in [1.54, 1.807) is 4.90 Å². The number of rotatable bonds is 80. The molecule has 48 nitrogen and oxygen atoms in total. The van der Waals surface area contributed by atoms with E-state index >= 15 is 0 Å². The molecule has 48 heteroatoms. The fraction of sp³-hybridized carbons (Fsp3) is 0.754. The molecule has 0 aromatic carbocycles. The summed E-state index contributed by atoms with van der Waals surface area (Å²) in [5.41, 5.74) is 0. The van der Waals surface area contributed by atoms with Gasteiger partial charge in [0.15, 0.2) is 0 Å². The smallest absolute Gasteiger partial charge is 0.317 e. The summed E-state index contributed by atoms with van der Waals surface area (Å²) in [6.07, 6.45) is -0.397. The van der Waals surface area contributed by atoms with E-state index in [0.717, 1.165) is 14.7 Å². The first-order valence-corrected chi connectivity index (χ1v) is 36.2. The summed E-state index contributed by atoms with van der Waals surface area (Å²) in [6.45, 7) is -9.65. The van der Waals surface area contributed by atoms with Crippen molar-refractivity contribution in [1.82, 2.24) is 79.6 Å². The van der Waals surface area contributed by atoms with E-state index in [4.69, 9.17) is 5.11 Å². The van der Waals surface area contributed by atoms with E-state index in [9.17, 15) is 153 Å². The normalized spacial score (nSPS) is 12.1. The fourth-order valence-electron chi connectivity index (χ4n) is 11.6. The maximum Gasteiger partial charge on any atom is 0.317 e. The van der Waals surface area contributed by atoms with Crippen molar-refractivity contribution in [3.63, 3.8) is 0 Å². The van der Waals surface area contributed by atoms with Gasteiger partial charge in [0.2, 0.25) is 0 Å². The number of hydrogen-bond acceptors (Lipinski definition) is 32. The van der Waals surface area contributed by atoms with Crippen molar-refractivity contribution in [2.45, 2.75) is 19.3 Å². The van der Waals surface area contributed by atoms with Crippen molar-refractivity contribution >= 4 is 95.5 Å². The zero-order chi connectivity index (χ0) is 85.4. The van der Waals surface area contributed by atoms with Crippen molar-refractivity contribution in [2.24, 2.45) is 5.92 Å². The van der Waals surface area contributed by atoms with Crippen molar-refractivity contribution in [1.29, 1.82) is 0 Å². The second-order valence-electron chi connectivity index (χ2n) is 26.6.